The molecule has 0 spiro atoms. The van der Waals surface area contributed by atoms with Crippen LogP contribution in [0.4, 0.5) is 18.9 Å². The Morgan fingerprint density at radius 1 is 1.17 bits per heavy atom. The van der Waals surface area contributed by atoms with Crippen LogP contribution in [0.5, 0.6) is 0 Å². The molecule has 0 unspecified atom stereocenters. The Morgan fingerprint density at radius 2 is 1.91 bits per heavy atom. The van der Waals surface area contributed by atoms with E-state index in [0.29, 0.717) is 26.0 Å². The van der Waals surface area contributed by atoms with E-state index < -0.39 is 63.1 Å². The van der Waals surface area contributed by atoms with Crippen LogP contribution in [0, 0.1) is 17.5 Å². The van der Waals surface area contributed by atoms with Gasteiger partial charge in [-0.1, -0.05) is 0 Å². The molecule has 2 atom stereocenters. The molecule has 1 aromatic carbocycles. The number of benzene rings is 1. The number of rotatable bonds is 5. The lowest BCUT2D eigenvalue weighted by Gasteiger charge is -2.35. The highest BCUT2D eigenvalue weighted by atomic mass is 19.2. The number of pyridine rings is 1. The lowest BCUT2D eigenvalue weighted by molar-refractivity contribution is -0.135. The van der Waals surface area contributed by atoms with E-state index in [4.69, 9.17) is 4.74 Å². The number of anilines is 1. The van der Waals surface area contributed by atoms with Crippen molar-refractivity contribution in [3.05, 3.63) is 51.7 Å². The number of halogens is 3. The molecule has 0 radical (unpaired) electrons. The van der Waals surface area contributed by atoms with Crippen LogP contribution in [0.1, 0.15) is 29.2 Å². The zero-order valence-electron chi connectivity index (χ0n) is 18.7. The second-order valence-electron chi connectivity index (χ2n) is 8.79. The summed E-state index contributed by atoms with van der Waals surface area (Å²) in [6.45, 7) is 0.859. The molecule has 0 amide bonds. The van der Waals surface area contributed by atoms with Gasteiger partial charge in [-0.15, -0.1) is 0 Å². The largest absolute Gasteiger partial charge is 0.477 e. The molecule has 9 nitrogen and oxygen atoms in total. The van der Waals surface area contributed by atoms with Crippen molar-refractivity contribution < 1.29 is 37.3 Å². The molecule has 3 fully saturated rings. The first kappa shape index (κ1) is 23.2. The number of carbonyl (C=O) groups is 2. The number of carboxylic acid groups (broad SMARTS) is 1. The molecule has 186 valence electrons. The maximum Gasteiger partial charge on any atom is 0.341 e. The normalized spacial score (nSPS) is 22.2. The van der Waals surface area contributed by atoms with Crippen LogP contribution in [-0.4, -0.2) is 72.0 Å². The van der Waals surface area contributed by atoms with Gasteiger partial charge in [0.25, 0.3) is 0 Å². The molecule has 12 heteroatoms. The van der Waals surface area contributed by atoms with E-state index in [9.17, 15) is 19.5 Å². The molecule has 1 N–H and O–H groups in total. The summed E-state index contributed by atoms with van der Waals surface area (Å²) >= 11 is 0. The summed E-state index contributed by atoms with van der Waals surface area (Å²) in [5.41, 5.74) is -3.11. The summed E-state index contributed by atoms with van der Waals surface area (Å²) in [6, 6.07) is -0.686. The molecular weight excluding hydrogens is 471 g/mol. The Kier molecular flexibility index (Phi) is 5.70. The van der Waals surface area contributed by atoms with Gasteiger partial charge < -0.3 is 28.9 Å². The Morgan fingerprint density at radius 3 is 2.57 bits per heavy atom. The quantitative estimate of drug-likeness (QED) is 0.384. The molecule has 0 bridgehead atoms. The predicted octanol–water partition coefficient (Wildman–Crippen LogP) is 2.03. The first-order chi connectivity index (χ1) is 16.7. The number of esters is 1. The molecule has 5 rings (SSSR count). The Hall–Kier alpha value is -3.54. The van der Waals surface area contributed by atoms with E-state index in [1.165, 1.54) is 28.9 Å². The van der Waals surface area contributed by atoms with Crippen LogP contribution in [-0.2, 0) is 14.3 Å². The van der Waals surface area contributed by atoms with Crippen LogP contribution >= 0.6 is 0 Å². The third kappa shape index (κ3) is 3.81. The molecule has 1 aliphatic carbocycles. The minimum absolute atomic E-state index is 0.0485. The number of fused-ring (bicyclic) bond motifs is 2. The molecular formula is C23H22F3N3O6. The maximum absolute atomic E-state index is 15.9. The maximum atomic E-state index is 15.9. The lowest BCUT2D eigenvalue weighted by atomic mass is 10.1. The lowest BCUT2D eigenvalue weighted by Crippen LogP contribution is -2.48. The van der Waals surface area contributed by atoms with E-state index in [2.05, 4.69) is 4.74 Å². The topological polar surface area (TPSA) is 101 Å². The fourth-order valence-electron chi connectivity index (χ4n) is 4.86. The van der Waals surface area contributed by atoms with E-state index in [1.54, 1.807) is 4.90 Å². The number of aromatic nitrogens is 1. The van der Waals surface area contributed by atoms with Gasteiger partial charge >= 0.3 is 11.9 Å². The number of ether oxygens (including phenoxy) is 2. The van der Waals surface area contributed by atoms with Crippen LogP contribution < -0.4 is 10.3 Å². The SMILES string of the molecule is COC(=O)C=CN1CCO[C@@H]2CN(c3c(F)c(F)c4c(=O)c(C(=O)O)cn(C5CC5)c4c3F)C[C@@H]21. The molecule has 2 aromatic rings. The van der Waals surface area contributed by atoms with Gasteiger partial charge in [-0.2, -0.15) is 0 Å². The smallest absolute Gasteiger partial charge is 0.341 e. The van der Waals surface area contributed by atoms with E-state index in [1.807, 2.05) is 0 Å². The molecule has 1 aromatic heterocycles. The number of methoxy groups -OCH3 is 1. The second kappa shape index (κ2) is 8.59. The van der Waals surface area contributed by atoms with Crippen LogP contribution in [0.2, 0.25) is 0 Å². The zero-order chi connectivity index (χ0) is 25.0. The van der Waals surface area contributed by atoms with Gasteiger partial charge in [0.1, 0.15) is 11.3 Å². The van der Waals surface area contributed by atoms with Gasteiger partial charge in [-0.25, -0.2) is 22.8 Å². The van der Waals surface area contributed by atoms with Crippen molar-refractivity contribution in [1.82, 2.24) is 9.47 Å². The zero-order valence-corrected chi connectivity index (χ0v) is 18.7. The average Bonchev–Trinajstić information content (AvgIpc) is 3.59. The first-order valence-corrected chi connectivity index (χ1v) is 11.1. The number of hydrogen-bond donors (Lipinski definition) is 1. The van der Waals surface area contributed by atoms with Crippen molar-refractivity contribution in [3.63, 3.8) is 0 Å². The van der Waals surface area contributed by atoms with Crippen molar-refractivity contribution in [2.24, 2.45) is 0 Å². The van der Waals surface area contributed by atoms with Crippen LogP contribution in [0.15, 0.2) is 23.3 Å². The summed E-state index contributed by atoms with van der Waals surface area (Å²) in [4.78, 5) is 38.8. The molecule has 2 saturated heterocycles. The van der Waals surface area contributed by atoms with Gasteiger partial charge in [0.05, 0.1) is 36.8 Å². The highest BCUT2D eigenvalue weighted by Crippen LogP contribution is 2.41. The van der Waals surface area contributed by atoms with Crippen molar-refractivity contribution >= 4 is 28.5 Å². The first-order valence-electron chi connectivity index (χ1n) is 11.1. The number of hydrogen-bond acceptors (Lipinski definition) is 7. The third-order valence-electron chi connectivity index (χ3n) is 6.71. The molecule has 35 heavy (non-hydrogen) atoms. The standard InChI is InChI=1S/C23H22F3N3O6/c1-34-15(30)4-5-27-6-7-35-14-10-28(9-13(14)27)21-18(25)17(24)16-20(19(21)26)29(11-2-3-11)8-12(22(16)31)23(32)33/h4-5,8,11,13-14H,2-3,6-7,9-10H2,1H3,(H,32,33)/t13-,14+/m0/s1. The summed E-state index contributed by atoms with van der Waals surface area (Å²) in [7, 11) is 1.24. The number of aromatic carboxylic acids is 1. The number of carbonyl (C=O) groups excluding carboxylic acids is 1. The Balaban J connectivity index is 1.60. The Labute approximate surface area is 196 Å². The highest BCUT2D eigenvalue weighted by Gasteiger charge is 2.42. The highest BCUT2D eigenvalue weighted by molar-refractivity contribution is 5.94. The number of morpholine rings is 1. The number of carboxylic acids is 1. The summed E-state index contributed by atoms with van der Waals surface area (Å²) in [5, 5.41) is 8.45. The van der Waals surface area contributed by atoms with Gasteiger partial charge in [0.15, 0.2) is 17.5 Å². The fraction of sp³-hybridized carbons (Fsp3) is 0.435. The van der Waals surface area contributed by atoms with E-state index in [-0.39, 0.29) is 25.2 Å². The van der Waals surface area contributed by atoms with Crippen molar-refractivity contribution in [1.29, 1.82) is 0 Å². The van der Waals surface area contributed by atoms with Crippen molar-refractivity contribution in [2.45, 2.75) is 31.0 Å². The molecule has 1 saturated carbocycles. The summed E-state index contributed by atoms with van der Waals surface area (Å²) < 4.78 is 58.1. The fourth-order valence-corrected chi connectivity index (χ4v) is 4.86. The second-order valence-corrected chi connectivity index (χ2v) is 8.79. The molecule has 2 aliphatic heterocycles. The van der Waals surface area contributed by atoms with Gasteiger partial charge in [-0.05, 0) is 12.8 Å². The van der Waals surface area contributed by atoms with Crippen LogP contribution in [0.3, 0.4) is 0 Å². The Bertz CT molecular complexity index is 1320. The van der Waals surface area contributed by atoms with Crippen LogP contribution in [0.25, 0.3) is 10.9 Å². The van der Waals surface area contributed by atoms with Crippen molar-refractivity contribution in [2.75, 3.05) is 38.3 Å². The summed E-state index contributed by atoms with van der Waals surface area (Å²) in [5.74, 6) is -6.44. The third-order valence-corrected chi connectivity index (χ3v) is 6.71. The van der Waals surface area contributed by atoms with Gasteiger partial charge in [0.2, 0.25) is 5.43 Å². The average molecular weight is 493 g/mol. The van der Waals surface area contributed by atoms with E-state index in [0.717, 1.165) is 6.20 Å². The van der Waals surface area contributed by atoms with Crippen molar-refractivity contribution in [3.8, 4) is 0 Å². The monoisotopic (exact) mass is 493 g/mol. The molecule has 3 heterocycles. The molecule has 3 aliphatic rings. The predicted molar refractivity (Wildman–Crippen MR) is 117 cm³/mol. The minimum Gasteiger partial charge on any atom is -0.477 e. The minimum atomic E-state index is -1.60. The van der Waals surface area contributed by atoms with Gasteiger partial charge in [0, 0.05) is 44.1 Å². The summed E-state index contributed by atoms with van der Waals surface area (Å²) in [6.07, 6.45) is 4.48. The number of nitrogens with zero attached hydrogens (tertiary/aromatic N) is 3. The van der Waals surface area contributed by atoms with E-state index >= 15 is 13.2 Å². The van der Waals surface area contributed by atoms with Gasteiger partial charge in [-0.3, -0.25) is 4.79 Å².